The van der Waals surface area contributed by atoms with E-state index in [0.717, 1.165) is 4.90 Å². The van der Waals surface area contributed by atoms with Crippen molar-refractivity contribution in [2.75, 3.05) is 0 Å². The van der Waals surface area contributed by atoms with Crippen LogP contribution in [-0.2, 0) is 16.1 Å². The summed E-state index contributed by atoms with van der Waals surface area (Å²) in [6.07, 6.45) is 0.437. The van der Waals surface area contributed by atoms with Gasteiger partial charge in [0.05, 0.1) is 6.54 Å². The second-order valence-corrected chi connectivity index (χ2v) is 4.53. The number of nitrogens with zero attached hydrogens (tertiary/aromatic N) is 1. The largest absolute Gasteiger partial charge is 0.389 e. The molecule has 1 aliphatic rings. The highest BCUT2D eigenvalue weighted by Gasteiger charge is 2.28. The number of halogens is 1. The minimum absolute atomic E-state index is 0.0606. The molecule has 0 bridgehead atoms. The molecular formula is C12H11FN2O2S. The molecule has 2 N–H and O–H groups in total. The molecule has 1 aromatic rings. The van der Waals surface area contributed by atoms with E-state index >= 15 is 0 Å². The highest BCUT2D eigenvalue weighted by Crippen LogP contribution is 2.17. The van der Waals surface area contributed by atoms with Crippen LogP contribution in [0.3, 0.4) is 0 Å². The average molecular weight is 266 g/mol. The van der Waals surface area contributed by atoms with Crippen molar-refractivity contribution in [1.82, 2.24) is 4.90 Å². The third kappa shape index (κ3) is 2.53. The fraction of sp³-hybridized carbons (Fsp3) is 0.250. The first-order valence-corrected chi connectivity index (χ1v) is 5.80. The maximum absolute atomic E-state index is 13.4. The third-order valence-corrected chi connectivity index (χ3v) is 2.97. The van der Waals surface area contributed by atoms with Gasteiger partial charge in [-0.15, -0.1) is 0 Å². The lowest BCUT2D eigenvalue weighted by molar-refractivity contribution is -0.139. The molecule has 0 aromatic heterocycles. The van der Waals surface area contributed by atoms with E-state index in [1.807, 2.05) is 0 Å². The van der Waals surface area contributed by atoms with Crippen molar-refractivity contribution >= 4 is 29.0 Å². The fourth-order valence-electron chi connectivity index (χ4n) is 1.87. The van der Waals surface area contributed by atoms with Crippen LogP contribution in [0.1, 0.15) is 24.0 Å². The number of thiocarbonyl (C=S) groups is 1. The van der Waals surface area contributed by atoms with Crippen LogP contribution in [-0.4, -0.2) is 21.7 Å². The van der Waals surface area contributed by atoms with Crippen LogP contribution in [0, 0.1) is 5.82 Å². The standard InChI is InChI=1S/C12H11FN2O2S/c13-9-4-7(3-8(5-9)12(14)18)6-15-10(16)1-2-11(15)17/h3-5H,1-2,6H2,(H2,14,18). The van der Waals surface area contributed by atoms with Crippen LogP contribution < -0.4 is 5.73 Å². The minimum atomic E-state index is -0.491. The summed E-state index contributed by atoms with van der Waals surface area (Å²) in [6, 6.07) is 4.07. The van der Waals surface area contributed by atoms with E-state index in [1.165, 1.54) is 12.1 Å². The summed E-state index contributed by atoms with van der Waals surface area (Å²) < 4.78 is 13.4. The van der Waals surface area contributed by atoms with Crippen molar-refractivity contribution in [3.63, 3.8) is 0 Å². The number of carbonyl (C=O) groups excluding carboxylic acids is 2. The van der Waals surface area contributed by atoms with E-state index in [1.54, 1.807) is 6.07 Å². The Hall–Kier alpha value is -1.82. The molecule has 1 aromatic carbocycles. The Kier molecular flexibility index (Phi) is 3.38. The Morgan fingerprint density at radius 2 is 1.89 bits per heavy atom. The minimum Gasteiger partial charge on any atom is -0.389 e. The smallest absolute Gasteiger partial charge is 0.229 e. The van der Waals surface area contributed by atoms with Crippen molar-refractivity contribution in [3.05, 3.63) is 35.1 Å². The number of likely N-dealkylation sites (tertiary alicyclic amines) is 1. The molecule has 1 saturated heterocycles. The van der Waals surface area contributed by atoms with Crippen molar-refractivity contribution in [2.45, 2.75) is 19.4 Å². The Morgan fingerprint density at radius 3 is 2.44 bits per heavy atom. The first kappa shape index (κ1) is 12.6. The third-order valence-electron chi connectivity index (χ3n) is 2.74. The Bertz CT molecular complexity index is 529. The summed E-state index contributed by atoms with van der Waals surface area (Å²) in [5.41, 5.74) is 6.32. The average Bonchev–Trinajstić information content (AvgIpc) is 2.60. The number of imide groups is 1. The van der Waals surface area contributed by atoms with E-state index in [4.69, 9.17) is 18.0 Å². The molecule has 1 aliphatic heterocycles. The second-order valence-electron chi connectivity index (χ2n) is 4.09. The molecule has 1 fully saturated rings. The van der Waals surface area contributed by atoms with Gasteiger partial charge in [0.2, 0.25) is 11.8 Å². The van der Waals surface area contributed by atoms with Gasteiger partial charge >= 0.3 is 0 Å². The topological polar surface area (TPSA) is 63.4 Å². The Labute approximate surface area is 109 Å². The van der Waals surface area contributed by atoms with Crippen LogP contribution >= 0.6 is 12.2 Å². The number of nitrogens with two attached hydrogens (primary N) is 1. The molecule has 2 amide bonds. The highest BCUT2D eigenvalue weighted by atomic mass is 32.1. The first-order valence-electron chi connectivity index (χ1n) is 5.40. The van der Waals surface area contributed by atoms with Gasteiger partial charge in [-0.3, -0.25) is 14.5 Å². The predicted molar refractivity (Wildman–Crippen MR) is 67.1 cm³/mol. The molecule has 0 saturated carbocycles. The zero-order valence-electron chi connectivity index (χ0n) is 9.48. The molecule has 4 nitrogen and oxygen atoms in total. The Balaban J connectivity index is 2.26. The maximum atomic E-state index is 13.4. The fourth-order valence-corrected chi connectivity index (χ4v) is 1.98. The van der Waals surface area contributed by atoms with Crippen LogP contribution in [0.15, 0.2) is 18.2 Å². The van der Waals surface area contributed by atoms with E-state index < -0.39 is 5.82 Å². The van der Waals surface area contributed by atoms with Crippen molar-refractivity contribution in [1.29, 1.82) is 0 Å². The van der Waals surface area contributed by atoms with Crippen LogP contribution in [0.2, 0.25) is 0 Å². The molecule has 0 spiro atoms. The van der Waals surface area contributed by atoms with Crippen molar-refractivity contribution in [3.8, 4) is 0 Å². The summed E-state index contributed by atoms with van der Waals surface area (Å²) >= 11 is 4.77. The zero-order valence-corrected chi connectivity index (χ0v) is 10.3. The summed E-state index contributed by atoms with van der Waals surface area (Å²) in [6.45, 7) is 0.0606. The number of hydrogen-bond acceptors (Lipinski definition) is 3. The van der Waals surface area contributed by atoms with Gasteiger partial charge in [-0.1, -0.05) is 12.2 Å². The molecule has 94 valence electrons. The van der Waals surface area contributed by atoms with Gasteiger partial charge in [-0.05, 0) is 23.8 Å². The SMILES string of the molecule is NC(=S)c1cc(F)cc(CN2C(=O)CCC2=O)c1. The summed E-state index contributed by atoms with van der Waals surface area (Å²) in [7, 11) is 0. The molecule has 0 unspecified atom stereocenters. The second kappa shape index (κ2) is 4.81. The van der Waals surface area contributed by atoms with Gasteiger partial charge in [0.1, 0.15) is 10.8 Å². The van der Waals surface area contributed by atoms with E-state index in [0.29, 0.717) is 11.1 Å². The number of carbonyl (C=O) groups is 2. The lowest BCUT2D eigenvalue weighted by Crippen LogP contribution is -2.28. The summed E-state index contributed by atoms with van der Waals surface area (Å²) in [5.74, 6) is -0.961. The number of amides is 2. The molecule has 0 radical (unpaired) electrons. The molecule has 6 heteroatoms. The number of hydrogen-bond donors (Lipinski definition) is 1. The number of benzene rings is 1. The maximum Gasteiger partial charge on any atom is 0.229 e. The van der Waals surface area contributed by atoms with Gasteiger partial charge in [-0.2, -0.15) is 0 Å². The number of rotatable bonds is 3. The highest BCUT2D eigenvalue weighted by molar-refractivity contribution is 7.80. The van der Waals surface area contributed by atoms with Crippen molar-refractivity contribution in [2.24, 2.45) is 5.73 Å². The van der Waals surface area contributed by atoms with Crippen molar-refractivity contribution < 1.29 is 14.0 Å². The van der Waals surface area contributed by atoms with Gasteiger partial charge in [0.15, 0.2) is 0 Å². The van der Waals surface area contributed by atoms with Crippen LogP contribution in [0.4, 0.5) is 4.39 Å². The normalized spacial score (nSPS) is 15.3. The van der Waals surface area contributed by atoms with Gasteiger partial charge in [-0.25, -0.2) is 4.39 Å². The van der Waals surface area contributed by atoms with Gasteiger partial charge < -0.3 is 5.73 Å². The lowest BCUT2D eigenvalue weighted by atomic mass is 10.1. The van der Waals surface area contributed by atoms with E-state index in [2.05, 4.69) is 0 Å². The monoisotopic (exact) mass is 266 g/mol. The predicted octanol–water partition coefficient (Wildman–Crippen LogP) is 1.11. The van der Waals surface area contributed by atoms with Crippen LogP contribution in [0.5, 0.6) is 0 Å². The van der Waals surface area contributed by atoms with E-state index in [9.17, 15) is 14.0 Å². The van der Waals surface area contributed by atoms with Gasteiger partial charge in [0, 0.05) is 18.4 Å². The van der Waals surface area contributed by atoms with E-state index in [-0.39, 0.29) is 36.2 Å². The van der Waals surface area contributed by atoms with Crippen LogP contribution in [0.25, 0.3) is 0 Å². The molecule has 18 heavy (non-hydrogen) atoms. The molecule has 2 rings (SSSR count). The molecule has 1 heterocycles. The van der Waals surface area contributed by atoms with Gasteiger partial charge in [0.25, 0.3) is 0 Å². The first-order chi connectivity index (χ1) is 8.47. The quantitative estimate of drug-likeness (QED) is 0.657. The Morgan fingerprint density at radius 1 is 1.28 bits per heavy atom. The lowest BCUT2D eigenvalue weighted by Gasteiger charge is -2.14. The summed E-state index contributed by atoms with van der Waals surface area (Å²) in [4.78, 5) is 24.1. The molecule has 0 atom stereocenters. The molecule has 0 aliphatic carbocycles. The summed E-state index contributed by atoms with van der Waals surface area (Å²) in [5, 5.41) is 0. The zero-order chi connectivity index (χ0) is 13.3. The molecular weight excluding hydrogens is 255 g/mol.